The van der Waals surface area contributed by atoms with Gasteiger partial charge in [-0.1, -0.05) is 12.1 Å². The van der Waals surface area contributed by atoms with Crippen LogP contribution in [0.1, 0.15) is 11.1 Å². The number of aromatic nitrogens is 2. The van der Waals surface area contributed by atoms with E-state index in [-0.39, 0.29) is 6.54 Å². The molecular formula is C13H10F3N3O. The molecule has 0 fully saturated rings. The van der Waals surface area contributed by atoms with Gasteiger partial charge < -0.3 is 5.32 Å². The average Bonchev–Trinajstić information content (AvgIpc) is 2.45. The molecule has 0 unspecified atom stereocenters. The maximum atomic E-state index is 12.5. The second-order valence-corrected chi connectivity index (χ2v) is 4.02. The quantitative estimate of drug-likeness (QED) is 0.876. The van der Waals surface area contributed by atoms with Crippen molar-refractivity contribution in [2.75, 3.05) is 0 Å². The molecule has 4 nitrogen and oxygen atoms in total. The molecule has 0 spiro atoms. The van der Waals surface area contributed by atoms with Crippen LogP contribution in [-0.4, -0.2) is 16.6 Å². The number of amides is 1. The zero-order valence-corrected chi connectivity index (χ0v) is 10.2. The first-order chi connectivity index (χ1) is 9.50. The van der Waals surface area contributed by atoms with Crippen molar-refractivity contribution in [2.45, 2.75) is 12.7 Å². The van der Waals surface area contributed by atoms with Crippen LogP contribution in [0.4, 0.5) is 13.2 Å². The van der Waals surface area contributed by atoms with E-state index in [9.17, 15) is 18.0 Å². The first-order valence-electron chi connectivity index (χ1n) is 5.67. The smallest absolute Gasteiger partial charge is 0.355 e. The van der Waals surface area contributed by atoms with Crippen molar-refractivity contribution in [2.24, 2.45) is 0 Å². The summed E-state index contributed by atoms with van der Waals surface area (Å²) in [5.41, 5.74) is 0.970. The van der Waals surface area contributed by atoms with Gasteiger partial charge in [0.2, 0.25) is 6.41 Å². The lowest BCUT2D eigenvalue weighted by Crippen LogP contribution is -2.10. The Bertz CT molecular complexity index is 597. The molecule has 2 aromatic rings. The van der Waals surface area contributed by atoms with E-state index in [1.165, 1.54) is 18.3 Å². The fourth-order valence-electron chi connectivity index (χ4n) is 1.63. The lowest BCUT2D eigenvalue weighted by Gasteiger charge is -2.07. The zero-order chi connectivity index (χ0) is 14.6. The van der Waals surface area contributed by atoms with Gasteiger partial charge in [0.15, 0.2) is 0 Å². The minimum absolute atomic E-state index is 0.284. The highest BCUT2D eigenvalue weighted by Crippen LogP contribution is 2.30. The van der Waals surface area contributed by atoms with Crippen molar-refractivity contribution in [1.82, 2.24) is 15.5 Å². The summed E-state index contributed by atoms with van der Waals surface area (Å²) < 4.78 is 37.4. The predicted molar refractivity (Wildman–Crippen MR) is 65.4 cm³/mol. The molecular weight excluding hydrogens is 271 g/mol. The van der Waals surface area contributed by atoms with E-state index in [1.54, 1.807) is 6.07 Å². The van der Waals surface area contributed by atoms with Gasteiger partial charge in [-0.25, -0.2) is 0 Å². The van der Waals surface area contributed by atoms with Gasteiger partial charge in [-0.3, -0.25) is 4.79 Å². The van der Waals surface area contributed by atoms with Gasteiger partial charge in [0.25, 0.3) is 0 Å². The number of halogens is 3. The number of alkyl halides is 3. The van der Waals surface area contributed by atoms with Gasteiger partial charge in [-0.15, -0.1) is 0 Å². The number of nitrogens with one attached hydrogen (secondary N) is 1. The molecule has 0 atom stereocenters. The molecule has 7 heteroatoms. The van der Waals surface area contributed by atoms with Crippen molar-refractivity contribution in [3.8, 4) is 11.3 Å². The van der Waals surface area contributed by atoms with Crippen molar-refractivity contribution < 1.29 is 18.0 Å². The van der Waals surface area contributed by atoms with Gasteiger partial charge in [0.1, 0.15) is 0 Å². The molecule has 0 aliphatic heterocycles. The van der Waals surface area contributed by atoms with Crippen LogP contribution in [0.3, 0.4) is 0 Å². The number of carbonyl (C=O) groups excluding carboxylic acids is 1. The molecule has 1 aromatic carbocycles. The summed E-state index contributed by atoms with van der Waals surface area (Å²) in [6.07, 6.45) is -2.33. The molecule has 0 saturated heterocycles. The molecule has 104 valence electrons. The van der Waals surface area contributed by atoms with E-state index in [2.05, 4.69) is 15.5 Å². The summed E-state index contributed by atoms with van der Waals surface area (Å²) in [6.45, 7) is 0.284. The Morgan fingerprint density at radius 1 is 1.20 bits per heavy atom. The van der Waals surface area contributed by atoms with Crippen LogP contribution in [0.2, 0.25) is 0 Å². The van der Waals surface area contributed by atoms with E-state index in [0.717, 1.165) is 12.1 Å². The number of benzene rings is 1. The van der Waals surface area contributed by atoms with E-state index in [0.29, 0.717) is 23.2 Å². The lowest BCUT2D eigenvalue weighted by molar-refractivity contribution is -0.137. The van der Waals surface area contributed by atoms with Crippen LogP contribution in [-0.2, 0) is 17.5 Å². The Balaban J connectivity index is 2.25. The van der Waals surface area contributed by atoms with Crippen molar-refractivity contribution in [3.05, 3.63) is 47.7 Å². The summed E-state index contributed by atoms with van der Waals surface area (Å²) in [5.74, 6) is 0. The van der Waals surface area contributed by atoms with Crippen molar-refractivity contribution >= 4 is 6.41 Å². The summed E-state index contributed by atoms with van der Waals surface area (Å²) in [7, 11) is 0. The normalized spacial score (nSPS) is 11.2. The molecule has 0 bridgehead atoms. The first-order valence-corrected chi connectivity index (χ1v) is 5.67. The fraction of sp³-hybridized carbons (Fsp3) is 0.154. The summed E-state index contributed by atoms with van der Waals surface area (Å²) in [6, 6.07) is 6.32. The van der Waals surface area contributed by atoms with Gasteiger partial charge >= 0.3 is 6.18 Å². The molecule has 1 aromatic heterocycles. The topological polar surface area (TPSA) is 54.9 Å². The molecule has 2 rings (SSSR count). The van der Waals surface area contributed by atoms with E-state index in [4.69, 9.17) is 0 Å². The summed E-state index contributed by atoms with van der Waals surface area (Å²) >= 11 is 0. The molecule has 0 radical (unpaired) electrons. The first kappa shape index (κ1) is 14.0. The van der Waals surface area contributed by atoms with Crippen LogP contribution >= 0.6 is 0 Å². The van der Waals surface area contributed by atoms with Crippen LogP contribution < -0.4 is 5.32 Å². The largest absolute Gasteiger partial charge is 0.416 e. The van der Waals surface area contributed by atoms with Gasteiger partial charge in [0, 0.05) is 12.1 Å². The Hall–Kier alpha value is -2.44. The SMILES string of the molecule is O=CNCc1cnnc(-c2ccc(C(F)(F)F)cc2)c1. The number of hydrogen-bond acceptors (Lipinski definition) is 3. The summed E-state index contributed by atoms with van der Waals surface area (Å²) in [5, 5.41) is 10.1. The maximum Gasteiger partial charge on any atom is 0.416 e. The monoisotopic (exact) mass is 281 g/mol. The molecule has 0 aliphatic carbocycles. The van der Waals surface area contributed by atoms with E-state index >= 15 is 0 Å². The highest BCUT2D eigenvalue weighted by Gasteiger charge is 2.29. The third-order valence-corrected chi connectivity index (χ3v) is 2.61. The van der Waals surface area contributed by atoms with Crippen molar-refractivity contribution in [3.63, 3.8) is 0 Å². The van der Waals surface area contributed by atoms with Gasteiger partial charge in [-0.2, -0.15) is 23.4 Å². The van der Waals surface area contributed by atoms with Crippen molar-refractivity contribution in [1.29, 1.82) is 0 Å². The third kappa shape index (κ3) is 3.31. The molecule has 1 heterocycles. The number of nitrogens with zero attached hydrogens (tertiary/aromatic N) is 2. The van der Waals surface area contributed by atoms with Crippen LogP contribution in [0.5, 0.6) is 0 Å². The van der Waals surface area contributed by atoms with Gasteiger partial charge in [-0.05, 0) is 23.8 Å². The molecule has 1 N–H and O–H groups in total. The highest BCUT2D eigenvalue weighted by molar-refractivity contribution is 5.59. The molecule has 0 saturated carbocycles. The van der Waals surface area contributed by atoms with E-state index in [1.807, 2.05) is 0 Å². The minimum Gasteiger partial charge on any atom is -0.355 e. The average molecular weight is 281 g/mol. The number of rotatable bonds is 4. The molecule has 20 heavy (non-hydrogen) atoms. The van der Waals surface area contributed by atoms with Gasteiger partial charge in [0.05, 0.1) is 17.5 Å². The second-order valence-electron chi connectivity index (χ2n) is 4.02. The van der Waals surface area contributed by atoms with E-state index < -0.39 is 11.7 Å². The Kier molecular flexibility index (Phi) is 3.97. The standard InChI is InChI=1S/C13H10F3N3O/c14-13(15,16)11-3-1-10(2-4-11)12-5-9(6-17-8-20)7-18-19-12/h1-5,7-8H,6H2,(H,17,20). The molecule has 1 amide bonds. The lowest BCUT2D eigenvalue weighted by atomic mass is 10.1. The second kappa shape index (κ2) is 5.68. The molecule has 0 aliphatic rings. The van der Waals surface area contributed by atoms with Crippen LogP contribution in [0.25, 0.3) is 11.3 Å². The third-order valence-electron chi connectivity index (χ3n) is 2.61. The Morgan fingerprint density at radius 2 is 1.90 bits per heavy atom. The number of hydrogen-bond donors (Lipinski definition) is 1. The highest BCUT2D eigenvalue weighted by atomic mass is 19.4. The predicted octanol–water partition coefficient (Wildman–Crippen LogP) is 2.41. The van der Waals surface area contributed by atoms with Crippen LogP contribution in [0, 0.1) is 0 Å². The minimum atomic E-state index is -4.36. The Morgan fingerprint density at radius 3 is 2.50 bits per heavy atom. The fourth-order valence-corrected chi connectivity index (χ4v) is 1.63. The van der Waals surface area contributed by atoms with Crippen LogP contribution in [0.15, 0.2) is 36.5 Å². The Labute approximate surface area is 112 Å². The maximum absolute atomic E-state index is 12.5. The number of carbonyl (C=O) groups is 1. The summed E-state index contributed by atoms with van der Waals surface area (Å²) in [4.78, 5) is 10.2. The zero-order valence-electron chi connectivity index (χ0n) is 10.2.